The molecule has 0 saturated carbocycles. The van der Waals surface area contributed by atoms with E-state index in [-0.39, 0.29) is 6.61 Å². The van der Waals surface area contributed by atoms with E-state index in [1.54, 1.807) is 17.6 Å². The van der Waals surface area contributed by atoms with E-state index >= 15 is 0 Å². The molecule has 0 radical (unpaired) electrons. The van der Waals surface area contributed by atoms with Crippen molar-refractivity contribution in [1.82, 2.24) is 15.8 Å². The zero-order valence-electron chi connectivity index (χ0n) is 14.7. The van der Waals surface area contributed by atoms with Gasteiger partial charge in [-0.15, -0.1) is 0 Å². The van der Waals surface area contributed by atoms with Gasteiger partial charge in [0, 0.05) is 30.4 Å². The number of aliphatic hydroxyl groups excluding tert-OH is 1. The lowest BCUT2D eigenvalue weighted by molar-refractivity contribution is 0.0706. The van der Waals surface area contributed by atoms with Crippen LogP contribution < -0.4 is 10.8 Å². The molecule has 0 fully saturated rings. The van der Waals surface area contributed by atoms with E-state index in [1.807, 2.05) is 24.3 Å². The van der Waals surface area contributed by atoms with Crippen molar-refractivity contribution < 1.29 is 15.1 Å². The van der Waals surface area contributed by atoms with Gasteiger partial charge in [0.15, 0.2) is 0 Å². The number of rotatable bonds is 7. The van der Waals surface area contributed by atoms with E-state index in [9.17, 15) is 4.79 Å². The van der Waals surface area contributed by atoms with Gasteiger partial charge in [0.2, 0.25) is 0 Å². The first-order chi connectivity index (χ1) is 13.2. The molecule has 2 aromatic carbocycles. The number of carbonyl (C=O) groups is 1. The standard InChI is InChI=1S/C21H21N3O3/c25-12-11-22-14-15-1-3-16(4-2-15)17-5-7-18(8-6-17)20-13-19(9-10-23-20)21(26)24-27/h1-10,13,22,25,27H,11-12,14H2,(H,24,26). The van der Waals surface area contributed by atoms with Crippen LogP contribution in [0.3, 0.4) is 0 Å². The maximum atomic E-state index is 11.5. The first kappa shape index (κ1) is 18.7. The molecular formula is C21H21N3O3. The molecule has 0 aliphatic heterocycles. The lowest BCUT2D eigenvalue weighted by atomic mass is 10.0. The van der Waals surface area contributed by atoms with Crippen molar-refractivity contribution in [3.05, 3.63) is 78.0 Å². The van der Waals surface area contributed by atoms with Gasteiger partial charge in [0.05, 0.1) is 12.3 Å². The SMILES string of the molecule is O=C(NO)c1ccnc(-c2ccc(-c3ccc(CNCCO)cc3)cc2)c1. The van der Waals surface area contributed by atoms with Crippen LogP contribution in [0.15, 0.2) is 66.9 Å². The zero-order chi connectivity index (χ0) is 19.1. The highest BCUT2D eigenvalue weighted by molar-refractivity contribution is 5.94. The van der Waals surface area contributed by atoms with E-state index in [0.717, 1.165) is 28.8 Å². The summed E-state index contributed by atoms with van der Waals surface area (Å²) < 4.78 is 0. The number of aliphatic hydroxyl groups is 1. The lowest BCUT2D eigenvalue weighted by Gasteiger charge is -2.07. The molecule has 3 rings (SSSR count). The van der Waals surface area contributed by atoms with Crippen molar-refractivity contribution in [2.24, 2.45) is 0 Å². The van der Waals surface area contributed by atoms with Crippen LogP contribution in [-0.4, -0.2) is 34.4 Å². The first-order valence-corrected chi connectivity index (χ1v) is 8.63. The summed E-state index contributed by atoms with van der Waals surface area (Å²) in [5.74, 6) is -0.566. The summed E-state index contributed by atoms with van der Waals surface area (Å²) >= 11 is 0. The summed E-state index contributed by atoms with van der Waals surface area (Å²) in [4.78, 5) is 15.8. The Morgan fingerprint density at radius 3 is 2.19 bits per heavy atom. The number of nitrogens with one attached hydrogen (secondary N) is 2. The van der Waals surface area contributed by atoms with E-state index in [0.29, 0.717) is 17.8 Å². The van der Waals surface area contributed by atoms with Crippen LogP contribution in [0.4, 0.5) is 0 Å². The Hall–Kier alpha value is -3.06. The number of amides is 1. The average Bonchev–Trinajstić information content (AvgIpc) is 2.74. The first-order valence-electron chi connectivity index (χ1n) is 8.63. The Morgan fingerprint density at radius 2 is 1.56 bits per heavy atom. The molecule has 0 unspecified atom stereocenters. The normalized spacial score (nSPS) is 10.6. The smallest absolute Gasteiger partial charge is 0.274 e. The number of nitrogens with zero attached hydrogens (tertiary/aromatic N) is 1. The molecule has 0 spiro atoms. The molecule has 0 bridgehead atoms. The summed E-state index contributed by atoms with van der Waals surface area (Å²) in [5.41, 5.74) is 6.86. The topological polar surface area (TPSA) is 94.5 Å². The Morgan fingerprint density at radius 1 is 0.926 bits per heavy atom. The van der Waals surface area contributed by atoms with Gasteiger partial charge in [-0.1, -0.05) is 48.5 Å². The number of carbonyl (C=O) groups excluding carboxylic acids is 1. The second-order valence-electron chi connectivity index (χ2n) is 6.05. The van der Waals surface area contributed by atoms with Crippen molar-refractivity contribution in [1.29, 1.82) is 0 Å². The summed E-state index contributed by atoms with van der Waals surface area (Å²) in [5, 5.41) is 20.7. The highest BCUT2D eigenvalue weighted by Gasteiger charge is 2.07. The largest absolute Gasteiger partial charge is 0.395 e. The van der Waals surface area contributed by atoms with Crippen molar-refractivity contribution in [3.8, 4) is 22.4 Å². The molecule has 3 aromatic rings. The Balaban J connectivity index is 1.74. The molecule has 0 atom stereocenters. The molecular weight excluding hydrogens is 342 g/mol. The van der Waals surface area contributed by atoms with Crippen LogP contribution in [0, 0.1) is 0 Å². The fourth-order valence-electron chi connectivity index (χ4n) is 2.75. The molecule has 6 nitrogen and oxygen atoms in total. The Bertz CT molecular complexity index is 893. The molecule has 0 aliphatic carbocycles. The number of benzene rings is 2. The molecule has 0 saturated heterocycles. The number of hydroxylamine groups is 1. The third-order valence-corrected chi connectivity index (χ3v) is 4.21. The minimum absolute atomic E-state index is 0.132. The van der Waals surface area contributed by atoms with Crippen molar-refractivity contribution >= 4 is 5.91 Å². The van der Waals surface area contributed by atoms with E-state index < -0.39 is 5.91 Å². The van der Waals surface area contributed by atoms with Gasteiger partial charge < -0.3 is 10.4 Å². The lowest BCUT2D eigenvalue weighted by Crippen LogP contribution is -2.18. The summed E-state index contributed by atoms with van der Waals surface area (Å²) in [6.45, 7) is 1.44. The minimum atomic E-state index is -0.566. The van der Waals surface area contributed by atoms with Gasteiger partial charge in [-0.25, -0.2) is 5.48 Å². The van der Waals surface area contributed by atoms with Gasteiger partial charge in [-0.05, 0) is 28.8 Å². The predicted molar refractivity (Wildman–Crippen MR) is 103 cm³/mol. The third kappa shape index (κ3) is 4.77. The van der Waals surface area contributed by atoms with Gasteiger partial charge in [0.25, 0.3) is 5.91 Å². The number of aromatic nitrogens is 1. The fourth-order valence-corrected chi connectivity index (χ4v) is 2.75. The molecule has 6 heteroatoms. The third-order valence-electron chi connectivity index (χ3n) is 4.21. The number of hydrogen-bond acceptors (Lipinski definition) is 5. The molecule has 1 aromatic heterocycles. The fraction of sp³-hybridized carbons (Fsp3) is 0.143. The second kappa shape index (κ2) is 9.05. The Labute approximate surface area is 157 Å². The summed E-state index contributed by atoms with van der Waals surface area (Å²) in [6, 6.07) is 19.4. The summed E-state index contributed by atoms with van der Waals surface area (Å²) in [7, 11) is 0. The molecule has 138 valence electrons. The quantitative estimate of drug-likeness (QED) is 0.294. The van der Waals surface area contributed by atoms with E-state index in [2.05, 4.69) is 34.6 Å². The van der Waals surface area contributed by atoms with Crippen LogP contribution in [-0.2, 0) is 6.54 Å². The Kier molecular flexibility index (Phi) is 6.27. The van der Waals surface area contributed by atoms with Crippen LogP contribution in [0.2, 0.25) is 0 Å². The highest BCUT2D eigenvalue weighted by atomic mass is 16.5. The maximum absolute atomic E-state index is 11.5. The minimum Gasteiger partial charge on any atom is -0.395 e. The van der Waals surface area contributed by atoms with E-state index in [4.69, 9.17) is 10.3 Å². The summed E-state index contributed by atoms with van der Waals surface area (Å²) in [6.07, 6.45) is 1.54. The average molecular weight is 363 g/mol. The zero-order valence-corrected chi connectivity index (χ0v) is 14.7. The number of pyridine rings is 1. The van der Waals surface area contributed by atoms with Crippen molar-refractivity contribution in [2.75, 3.05) is 13.2 Å². The van der Waals surface area contributed by atoms with Crippen molar-refractivity contribution in [3.63, 3.8) is 0 Å². The van der Waals surface area contributed by atoms with Crippen LogP contribution in [0.25, 0.3) is 22.4 Å². The van der Waals surface area contributed by atoms with Crippen molar-refractivity contribution in [2.45, 2.75) is 6.54 Å². The second-order valence-corrected chi connectivity index (χ2v) is 6.05. The van der Waals surface area contributed by atoms with Gasteiger partial charge in [0.1, 0.15) is 0 Å². The van der Waals surface area contributed by atoms with Gasteiger partial charge in [-0.2, -0.15) is 0 Å². The maximum Gasteiger partial charge on any atom is 0.274 e. The van der Waals surface area contributed by atoms with Crippen LogP contribution in [0.1, 0.15) is 15.9 Å². The molecule has 0 aliphatic rings. The van der Waals surface area contributed by atoms with Gasteiger partial charge in [-0.3, -0.25) is 15.0 Å². The van der Waals surface area contributed by atoms with Gasteiger partial charge >= 0.3 is 0 Å². The van der Waals surface area contributed by atoms with Crippen LogP contribution in [0.5, 0.6) is 0 Å². The molecule has 27 heavy (non-hydrogen) atoms. The predicted octanol–water partition coefficient (Wildman–Crippen LogP) is 2.62. The van der Waals surface area contributed by atoms with E-state index in [1.165, 1.54) is 6.20 Å². The number of hydrogen-bond donors (Lipinski definition) is 4. The van der Waals surface area contributed by atoms with Crippen LogP contribution >= 0.6 is 0 Å². The molecule has 1 amide bonds. The molecule has 1 heterocycles. The monoisotopic (exact) mass is 363 g/mol. The highest BCUT2D eigenvalue weighted by Crippen LogP contribution is 2.24. The molecule has 4 N–H and O–H groups in total.